The minimum Gasteiger partial charge on any atom is -0.480 e. The van der Waals surface area contributed by atoms with E-state index in [0.29, 0.717) is 18.1 Å². The zero-order chi connectivity index (χ0) is 14.7. The van der Waals surface area contributed by atoms with Gasteiger partial charge >= 0.3 is 12.0 Å². The Hall–Kier alpha value is -1.76. The van der Waals surface area contributed by atoms with Crippen LogP contribution >= 0.6 is 11.8 Å². The Labute approximate surface area is 120 Å². The molecule has 1 aromatic carbocycles. The summed E-state index contributed by atoms with van der Waals surface area (Å²) in [5, 5.41) is 11.5. The summed E-state index contributed by atoms with van der Waals surface area (Å²) in [6.45, 7) is 2.08. The number of aryl methyl sites for hydroxylation is 1. The van der Waals surface area contributed by atoms with Crippen LogP contribution < -0.4 is 5.32 Å². The smallest absolute Gasteiger partial charge is 0.327 e. The van der Waals surface area contributed by atoms with Crippen LogP contribution in [0.2, 0.25) is 0 Å². The molecule has 1 aliphatic rings. The lowest BCUT2D eigenvalue weighted by atomic mass is 10.2. The molecule has 5 nitrogen and oxygen atoms in total. The van der Waals surface area contributed by atoms with E-state index >= 15 is 0 Å². The number of hydrogen-bond acceptors (Lipinski definition) is 3. The molecule has 1 fully saturated rings. The zero-order valence-electron chi connectivity index (χ0n) is 10.9. The van der Waals surface area contributed by atoms with Crippen molar-refractivity contribution in [2.75, 3.05) is 23.4 Å². The van der Waals surface area contributed by atoms with Crippen molar-refractivity contribution in [2.45, 2.75) is 13.0 Å². The molecular formula is C13H15FN2O3S. The van der Waals surface area contributed by atoms with Gasteiger partial charge < -0.3 is 15.3 Å². The molecule has 108 valence electrons. The van der Waals surface area contributed by atoms with Crippen LogP contribution in [0.5, 0.6) is 0 Å². The molecule has 0 radical (unpaired) electrons. The zero-order valence-corrected chi connectivity index (χ0v) is 11.7. The van der Waals surface area contributed by atoms with Crippen LogP contribution in [0.4, 0.5) is 14.9 Å². The molecule has 2 N–H and O–H groups in total. The fourth-order valence-corrected chi connectivity index (χ4v) is 3.00. The number of benzene rings is 1. The van der Waals surface area contributed by atoms with Gasteiger partial charge in [-0.2, -0.15) is 11.8 Å². The van der Waals surface area contributed by atoms with Crippen LogP contribution in [-0.2, 0) is 4.79 Å². The lowest BCUT2D eigenvalue weighted by molar-refractivity contribution is -0.141. The van der Waals surface area contributed by atoms with Gasteiger partial charge in [0.2, 0.25) is 0 Å². The number of nitrogens with zero attached hydrogens (tertiary/aromatic N) is 1. The topological polar surface area (TPSA) is 69.6 Å². The molecule has 1 aliphatic heterocycles. The maximum atomic E-state index is 13.7. The monoisotopic (exact) mass is 298 g/mol. The van der Waals surface area contributed by atoms with Gasteiger partial charge in [-0.3, -0.25) is 0 Å². The SMILES string of the molecule is Cc1ccc(NC(=O)N2CCSCC2C(=O)O)c(F)c1. The Bertz CT molecular complexity index is 538. The molecular weight excluding hydrogens is 283 g/mol. The van der Waals surface area contributed by atoms with E-state index in [1.165, 1.54) is 28.8 Å². The first-order chi connectivity index (χ1) is 9.49. The summed E-state index contributed by atoms with van der Waals surface area (Å²) in [5.74, 6) is -0.555. The predicted octanol–water partition coefficient (Wildman–Crippen LogP) is 2.17. The number of aliphatic carboxylic acids is 1. The van der Waals surface area contributed by atoms with E-state index in [0.717, 1.165) is 5.56 Å². The van der Waals surface area contributed by atoms with Gasteiger partial charge in [0.05, 0.1) is 5.69 Å². The Morgan fingerprint density at radius 1 is 1.50 bits per heavy atom. The fourth-order valence-electron chi connectivity index (χ4n) is 1.96. The summed E-state index contributed by atoms with van der Waals surface area (Å²) < 4.78 is 13.7. The van der Waals surface area contributed by atoms with E-state index in [2.05, 4.69) is 5.32 Å². The normalized spacial score (nSPS) is 18.7. The number of amides is 2. The summed E-state index contributed by atoms with van der Waals surface area (Å²) in [5.41, 5.74) is 0.807. The second-order valence-corrected chi connectivity index (χ2v) is 5.69. The molecule has 1 saturated heterocycles. The number of carboxylic acids is 1. The van der Waals surface area contributed by atoms with Crippen molar-refractivity contribution in [2.24, 2.45) is 0 Å². The second-order valence-electron chi connectivity index (χ2n) is 4.54. The summed E-state index contributed by atoms with van der Waals surface area (Å²) in [7, 11) is 0. The third-order valence-corrected chi connectivity index (χ3v) is 4.06. The lowest BCUT2D eigenvalue weighted by Gasteiger charge is -2.32. The number of halogens is 1. The van der Waals surface area contributed by atoms with Crippen LogP contribution in [0, 0.1) is 12.7 Å². The largest absolute Gasteiger partial charge is 0.480 e. The van der Waals surface area contributed by atoms with Gasteiger partial charge in [-0.25, -0.2) is 14.0 Å². The summed E-state index contributed by atoms with van der Waals surface area (Å²) in [4.78, 5) is 24.5. The molecule has 0 saturated carbocycles. The average Bonchev–Trinajstić information content (AvgIpc) is 2.41. The first-order valence-corrected chi connectivity index (χ1v) is 7.29. The second kappa shape index (κ2) is 6.13. The van der Waals surface area contributed by atoms with E-state index in [1.807, 2.05) is 0 Å². The molecule has 1 heterocycles. The van der Waals surface area contributed by atoms with Crippen molar-refractivity contribution in [1.82, 2.24) is 4.90 Å². The van der Waals surface area contributed by atoms with Crippen molar-refractivity contribution in [3.8, 4) is 0 Å². The average molecular weight is 298 g/mol. The van der Waals surface area contributed by atoms with Gasteiger partial charge in [-0.15, -0.1) is 0 Å². The van der Waals surface area contributed by atoms with Crippen molar-refractivity contribution < 1.29 is 19.1 Å². The highest BCUT2D eigenvalue weighted by Crippen LogP contribution is 2.20. The third kappa shape index (κ3) is 3.22. The minimum absolute atomic E-state index is 0.0583. The first-order valence-electron chi connectivity index (χ1n) is 6.13. The summed E-state index contributed by atoms with van der Waals surface area (Å²) >= 11 is 1.49. The molecule has 7 heteroatoms. The predicted molar refractivity (Wildman–Crippen MR) is 75.6 cm³/mol. The Kier molecular flexibility index (Phi) is 4.49. The fraction of sp³-hybridized carbons (Fsp3) is 0.385. The van der Waals surface area contributed by atoms with Crippen LogP contribution in [-0.4, -0.2) is 46.1 Å². The van der Waals surface area contributed by atoms with Crippen LogP contribution in [0.25, 0.3) is 0 Å². The lowest BCUT2D eigenvalue weighted by Crippen LogP contribution is -2.51. The molecule has 0 aliphatic carbocycles. The molecule has 1 unspecified atom stereocenters. The molecule has 0 bridgehead atoms. The van der Waals surface area contributed by atoms with Crippen molar-refractivity contribution in [3.05, 3.63) is 29.6 Å². The minimum atomic E-state index is -1.04. The maximum absolute atomic E-state index is 13.7. The number of carboxylic acid groups (broad SMARTS) is 1. The molecule has 1 aromatic rings. The molecule has 0 spiro atoms. The highest BCUT2D eigenvalue weighted by molar-refractivity contribution is 7.99. The van der Waals surface area contributed by atoms with Crippen LogP contribution in [0.3, 0.4) is 0 Å². The van der Waals surface area contributed by atoms with Gasteiger partial charge in [0.25, 0.3) is 0 Å². The van der Waals surface area contributed by atoms with Crippen molar-refractivity contribution >= 4 is 29.4 Å². The number of hydrogen-bond donors (Lipinski definition) is 2. The Morgan fingerprint density at radius 2 is 2.25 bits per heavy atom. The van der Waals surface area contributed by atoms with E-state index < -0.39 is 23.9 Å². The van der Waals surface area contributed by atoms with E-state index in [9.17, 15) is 14.0 Å². The number of urea groups is 1. The summed E-state index contributed by atoms with van der Waals surface area (Å²) in [6, 6.07) is 3.01. The third-order valence-electron chi connectivity index (χ3n) is 3.04. The van der Waals surface area contributed by atoms with Gasteiger partial charge in [-0.05, 0) is 24.6 Å². The van der Waals surface area contributed by atoms with E-state index in [1.54, 1.807) is 13.0 Å². The van der Waals surface area contributed by atoms with Gasteiger partial charge in [0, 0.05) is 18.1 Å². The molecule has 2 amide bonds. The summed E-state index contributed by atoms with van der Waals surface area (Å²) in [6.07, 6.45) is 0. The van der Waals surface area contributed by atoms with Gasteiger partial charge in [-0.1, -0.05) is 6.07 Å². The number of rotatable bonds is 2. The first kappa shape index (κ1) is 14.6. The Morgan fingerprint density at radius 3 is 2.90 bits per heavy atom. The number of carbonyl (C=O) groups is 2. The molecule has 1 atom stereocenters. The molecule has 0 aromatic heterocycles. The number of anilines is 1. The Balaban J connectivity index is 2.12. The van der Waals surface area contributed by atoms with E-state index in [4.69, 9.17) is 5.11 Å². The van der Waals surface area contributed by atoms with Crippen molar-refractivity contribution in [1.29, 1.82) is 0 Å². The standard InChI is InChI=1S/C13H15FN2O3S/c1-8-2-3-10(9(14)6-8)15-13(19)16-4-5-20-7-11(16)12(17)18/h2-3,6,11H,4-5,7H2,1H3,(H,15,19)(H,17,18). The maximum Gasteiger partial charge on any atom is 0.327 e. The highest BCUT2D eigenvalue weighted by atomic mass is 32.2. The van der Waals surface area contributed by atoms with Crippen molar-refractivity contribution in [3.63, 3.8) is 0 Å². The number of thioether (sulfide) groups is 1. The van der Waals surface area contributed by atoms with Gasteiger partial charge in [0.15, 0.2) is 0 Å². The van der Waals surface area contributed by atoms with E-state index in [-0.39, 0.29) is 5.69 Å². The number of nitrogens with one attached hydrogen (secondary N) is 1. The number of carbonyl (C=O) groups excluding carboxylic acids is 1. The van der Waals surface area contributed by atoms with Crippen LogP contribution in [0.15, 0.2) is 18.2 Å². The highest BCUT2D eigenvalue weighted by Gasteiger charge is 2.32. The van der Waals surface area contributed by atoms with Gasteiger partial charge in [0.1, 0.15) is 11.9 Å². The molecule has 2 rings (SSSR count). The molecule has 20 heavy (non-hydrogen) atoms. The quantitative estimate of drug-likeness (QED) is 0.878. The van der Waals surface area contributed by atoms with Crippen LogP contribution in [0.1, 0.15) is 5.56 Å².